The van der Waals surface area contributed by atoms with Gasteiger partial charge >= 0.3 is 0 Å². The van der Waals surface area contributed by atoms with Gasteiger partial charge < -0.3 is 4.74 Å². The largest absolute Gasteiger partial charge is 0.377 e. The predicted molar refractivity (Wildman–Crippen MR) is 77.2 cm³/mol. The molecular formula is C15H32N2O. The molecule has 0 aliphatic heterocycles. The lowest BCUT2D eigenvalue weighted by molar-refractivity contribution is -0.0815. The first-order valence-electron chi connectivity index (χ1n) is 7.55. The summed E-state index contributed by atoms with van der Waals surface area (Å²) in [5.41, 5.74) is 2.99. The van der Waals surface area contributed by atoms with E-state index in [0.29, 0.717) is 6.04 Å². The first-order chi connectivity index (χ1) is 8.54. The fourth-order valence-electron chi connectivity index (χ4n) is 3.42. The van der Waals surface area contributed by atoms with Crippen molar-refractivity contribution in [1.29, 1.82) is 0 Å². The van der Waals surface area contributed by atoms with Crippen LogP contribution in [-0.4, -0.2) is 18.8 Å². The van der Waals surface area contributed by atoms with Crippen LogP contribution in [0.3, 0.4) is 0 Å². The van der Waals surface area contributed by atoms with Crippen LogP contribution in [0.2, 0.25) is 0 Å². The van der Waals surface area contributed by atoms with Crippen LogP contribution in [0.15, 0.2) is 0 Å². The monoisotopic (exact) mass is 256 g/mol. The fraction of sp³-hybridized carbons (Fsp3) is 1.00. The second kappa shape index (κ2) is 7.46. The van der Waals surface area contributed by atoms with Gasteiger partial charge in [0, 0.05) is 7.11 Å². The van der Waals surface area contributed by atoms with Crippen molar-refractivity contribution in [2.24, 2.45) is 17.7 Å². The van der Waals surface area contributed by atoms with E-state index in [0.717, 1.165) is 31.1 Å². The van der Waals surface area contributed by atoms with Crippen LogP contribution in [0.5, 0.6) is 0 Å². The highest BCUT2D eigenvalue weighted by Gasteiger charge is 2.41. The molecule has 0 aromatic heterocycles. The van der Waals surface area contributed by atoms with Crippen molar-refractivity contribution < 1.29 is 4.74 Å². The molecule has 0 heterocycles. The summed E-state index contributed by atoms with van der Waals surface area (Å²) in [7, 11) is 1.85. The maximum Gasteiger partial charge on any atom is 0.0846 e. The number of rotatable bonds is 7. The van der Waals surface area contributed by atoms with Gasteiger partial charge in [-0.2, -0.15) is 0 Å². The molecule has 1 aliphatic carbocycles. The van der Waals surface area contributed by atoms with Crippen LogP contribution >= 0.6 is 0 Å². The molecule has 3 heteroatoms. The average molecular weight is 256 g/mol. The quantitative estimate of drug-likeness (QED) is 0.543. The van der Waals surface area contributed by atoms with Crippen molar-refractivity contribution in [2.45, 2.75) is 77.4 Å². The Morgan fingerprint density at radius 3 is 2.61 bits per heavy atom. The Morgan fingerprint density at radius 1 is 1.39 bits per heavy atom. The Balaban J connectivity index is 2.58. The van der Waals surface area contributed by atoms with Crippen LogP contribution in [0, 0.1) is 11.8 Å². The lowest BCUT2D eigenvalue weighted by Crippen LogP contribution is -2.56. The minimum atomic E-state index is -0.0383. The minimum absolute atomic E-state index is 0.0383. The molecule has 0 saturated heterocycles. The van der Waals surface area contributed by atoms with Crippen molar-refractivity contribution in [1.82, 2.24) is 5.43 Å². The zero-order chi connectivity index (χ0) is 13.6. The molecule has 0 radical (unpaired) electrons. The van der Waals surface area contributed by atoms with Gasteiger partial charge in [-0.15, -0.1) is 0 Å². The first kappa shape index (κ1) is 15.9. The molecule has 0 amide bonds. The molecule has 3 atom stereocenters. The molecule has 1 fully saturated rings. The van der Waals surface area contributed by atoms with E-state index in [1.807, 2.05) is 7.11 Å². The molecule has 3 nitrogen and oxygen atoms in total. The Kier molecular flexibility index (Phi) is 6.61. The normalized spacial score (nSPS) is 30.7. The molecule has 0 bridgehead atoms. The summed E-state index contributed by atoms with van der Waals surface area (Å²) in [6.07, 6.45) is 8.49. The summed E-state index contributed by atoms with van der Waals surface area (Å²) >= 11 is 0. The van der Waals surface area contributed by atoms with Gasteiger partial charge in [0.2, 0.25) is 0 Å². The molecule has 108 valence electrons. The van der Waals surface area contributed by atoms with E-state index in [-0.39, 0.29) is 5.60 Å². The molecule has 1 aliphatic rings. The highest BCUT2D eigenvalue weighted by atomic mass is 16.5. The van der Waals surface area contributed by atoms with Gasteiger partial charge in [-0.25, -0.2) is 0 Å². The number of hydrazine groups is 1. The van der Waals surface area contributed by atoms with Crippen LogP contribution < -0.4 is 11.3 Å². The van der Waals surface area contributed by atoms with Crippen molar-refractivity contribution in [2.75, 3.05) is 7.11 Å². The summed E-state index contributed by atoms with van der Waals surface area (Å²) in [5.74, 6) is 7.32. The molecule has 0 spiro atoms. The first-order valence-corrected chi connectivity index (χ1v) is 7.55. The van der Waals surface area contributed by atoms with Gasteiger partial charge in [-0.1, -0.05) is 46.5 Å². The number of nitrogens with one attached hydrogen (secondary N) is 1. The van der Waals surface area contributed by atoms with Gasteiger partial charge in [0.25, 0.3) is 0 Å². The summed E-state index contributed by atoms with van der Waals surface area (Å²) in [5, 5.41) is 0. The van der Waals surface area contributed by atoms with Crippen LogP contribution in [0.25, 0.3) is 0 Å². The van der Waals surface area contributed by atoms with Gasteiger partial charge in [0.1, 0.15) is 0 Å². The van der Waals surface area contributed by atoms with Crippen LogP contribution in [-0.2, 0) is 4.74 Å². The highest BCUT2D eigenvalue weighted by molar-refractivity contribution is 4.96. The second-order valence-electron chi connectivity index (χ2n) is 6.51. The van der Waals surface area contributed by atoms with Gasteiger partial charge in [0.05, 0.1) is 11.6 Å². The molecule has 0 aromatic rings. The van der Waals surface area contributed by atoms with Gasteiger partial charge in [-0.05, 0) is 31.1 Å². The zero-order valence-corrected chi connectivity index (χ0v) is 12.7. The Hall–Kier alpha value is -0.120. The standard InChI is InChI=1S/C15H32N2O/c1-12(2)7-5-9-14(17-16)15(18-4)10-6-8-13(3)11-15/h12-14,17H,5-11,16H2,1-4H3. The van der Waals surface area contributed by atoms with Crippen molar-refractivity contribution in [3.63, 3.8) is 0 Å². The third kappa shape index (κ3) is 4.22. The van der Waals surface area contributed by atoms with Crippen LogP contribution in [0.1, 0.15) is 65.7 Å². The third-order valence-electron chi connectivity index (χ3n) is 4.51. The van der Waals surface area contributed by atoms with E-state index in [4.69, 9.17) is 10.6 Å². The predicted octanol–water partition coefficient (Wildman–Crippen LogP) is 3.24. The van der Waals surface area contributed by atoms with Crippen molar-refractivity contribution in [3.8, 4) is 0 Å². The highest BCUT2D eigenvalue weighted by Crippen LogP contribution is 2.38. The van der Waals surface area contributed by atoms with E-state index in [1.165, 1.54) is 25.7 Å². The molecular weight excluding hydrogens is 224 g/mol. The fourth-order valence-corrected chi connectivity index (χ4v) is 3.42. The Labute approximate surface area is 113 Å². The van der Waals surface area contributed by atoms with E-state index < -0.39 is 0 Å². The van der Waals surface area contributed by atoms with E-state index >= 15 is 0 Å². The SMILES string of the molecule is COC1(C(CCCC(C)C)NN)CCCC(C)C1. The van der Waals surface area contributed by atoms with Crippen LogP contribution in [0.4, 0.5) is 0 Å². The Bertz CT molecular complexity index is 233. The molecule has 18 heavy (non-hydrogen) atoms. The Morgan fingerprint density at radius 2 is 2.11 bits per heavy atom. The second-order valence-corrected chi connectivity index (χ2v) is 6.51. The lowest BCUT2D eigenvalue weighted by Gasteiger charge is -2.44. The van der Waals surface area contributed by atoms with Crippen molar-refractivity contribution in [3.05, 3.63) is 0 Å². The topological polar surface area (TPSA) is 47.3 Å². The summed E-state index contributed by atoms with van der Waals surface area (Å²) in [4.78, 5) is 0. The summed E-state index contributed by atoms with van der Waals surface area (Å²) in [6.45, 7) is 6.88. The third-order valence-corrected chi connectivity index (χ3v) is 4.51. The lowest BCUT2D eigenvalue weighted by atomic mass is 9.73. The average Bonchev–Trinajstić information content (AvgIpc) is 2.34. The number of methoxy groups -OCH3 is 1. The number of hydrogen-bond donors (Lipinski definition) is 2. The van der Waals surface area contributed by atoms with Gasteiger partial charge in [-0.3, -0.25) is 11.3 Å². The van der Waals surface area contributed by atoms with Crippen molar-refractivity contribution >= 4 is 0 Å². The molecule has 3 N–H and O–H groups in total. The van der Waals surface area contributed by atoms with Gasteiger partial charge in [0.15, 0.2) is 0 Å². The molecule has 3 unspecified atom stereocenters. The minimum Gasteiger partial charge on any atom is -0.377 e. The number of nitrogens with two attached hydrogens (primary N) is 1. The molecule has 0 aromatic carbocycles. The summed E-state index contributed by atoms with van der Waals surface area (Å²) in [6, 6.07) is 0.295. The molecule has 1 saturated carbocycles. The zero-order valence-electron chi connectivity index (χ0n) is 12.7. The molecule has 1 rings (SSSR count). The summed E-state index contributed by atoms with van der Waals surface area (Å²) < 4.78 is 5.92. The number of ether oxygens (including phenoxy) is 1. The smallest absolute Gasteiger partial charge is 0.0846 e. The maximum absolute atomic E-state index is 5.92. The van der Waals surface area contributed by atoms with E-state index in [2.05, 4.69) is 26.2 Å². The van der Waals surface area contributed by atoms with E-state index in [1.54, 1.807) is 0 Å². The van der Waals surface area contributed by atoms with E-state index in [9.17, 15) is 0 Å². The maximum atomic E-state index is 5.92. The number of hydrogen-bond acceptors (Lipinski definition) is 3.